The molecular formula is C21H25BrN2O5S. The highest BCUT2D eigenvalue weighted by Crippen LogP contribution is 2.25. The average Bonchev–Trinajstić information content (AvgIpc) is 3.25. The summed E-state index contributed by atoms with van der Waals surface area (Å²) >= 11 is 3.37. The van der Waals surface area contributed by atoms with Crippen LogP contribution in [-0.2, 0) is 14.8 Å². The van der Waals surface area contributed by atoms with Crippen molar-refractivity contribution in [2.75, 3.05) is 25.1 Å². The van der Waals surface area contributed by atoms with Crippen molar-refractivity contribution in [3.8, 4) is 5.75 Å². The first-order valence-corrected chi connectivity index (χ1v) is 12.1. The molecule has 1 aliphatic heterocycles. The molecule has 1 amide bonds. The van der Waals surface area contributed by atoms with Gasteiger partial charge in [0.25, 0.3) is 5.91 Å². The highest BCUT2D eigenvalue weighted by atomic mass is 79.9. The molecule has 1 heterocycles. The fourth-order valence-electron chi connectivity index (χ4n) is 3.02. The van der Waals surface area contributed by atoms with Crippen LogP contribution in [0.2, 0.25) is 0 Å². The maximum atomic E-state index is 12.7. The molecule has 2 aromatic carbocycles. The lowest BCUT2D eigenvalue weighted by atomic mass is 10.2. The molecule has 0 aromatic heterocycles. The molecule has 1 saturated heterocycles. The fraction of sp³-hybridized carbons (Fsp3) is 0.381. The van der Waals surface area contributed by atoms with E-state index in [0.717, 1.165) is 23.7 Å². The first-order chi connectivity index (χ1) is 14.4. The SMILES string of the molecule is CCCOc1ccc(Br)cc1C(=O)Nc1ccc(S(=O)(=O)NCC2CCCO2)cc1. The second-order valence-electron chi connectivity index (χ2n) is 6.95. The lowest BCUT2D eigenvalue weighted by Crippen LogP contribution is -2.31. The molecule has 0 aliphatic carbocycles. The van der Waals surface area contributed by atoms with E-state index < -0.39 is 10.0 Å². The highest BCUT2D eigenvalue weighted by molar-refractivity contribution is 9.10. The van der Waals surface area contributed by atoms with Gasteiger partial charge in [0, 0.05) is 23.3 Å². The predicted octanol–water partition coefficient (Wildman–Crippen LogP) is 3.95. The number of carbonyl (C=O) groups excluding carboxylic acids is 1. The molecule has 1 unspecified atom stereocenters. The van der Waals surface area contributed by atoms with Gasteiger partial charge in [-0.15, -0.1) is 0 Å². The van der Waals surface area contributed by atoms with E-state index in [0.29, 0.717) is 30.2 Å². The largest absolute Gasteiger partial charge is 0.493 e. The number of halogens is 1. The zero-order chi connectivity index (χ0) is 21.6. The third-order valence-corrected chi connectivity index (χ3v) is 6.53. The van der Waals surface area contributed by atoms with Gasteiger partial charge in [-0.1, -0.05) is 22.9 Å². The van der Waals surface area contributed by atoms with Crippen molar-refractivity contribution in [1.82, 2.24) is 4.72 Å². The van der Waals surface area contributed by atoms with Crippen molar-refractivity contribution in [1.29, 1.82) is 0 Å². The zero-order valence-electron chi connectivity index (χ0n) is 16.7. The van der Waals surface area contributed by atoms with Gasteiger partial charge in [0.1, 0.15) is 5.75 Å². The molecule has 0 bridgehead atoms. The van der Waals surface area contributed by atoms with E-state index in [9.17, 15) is 13.2 Å². The van der Waals surface area contributed by atoms with Gasteiger partial charge >= 0.3 is 0 Å². The maximum Gasteiger partial charge on any atom is 0.259 e. The normalized spacial score (nSPS) is 16.4. The molecule has 30 heavy (non-hydrogen) atoms. The van der Waals surface area contributed by atoms with Crippen molar-refractivity contribution < 1.29 is 22.7 Å². The minimum atomic E-state index is -3.64. The second kappa shape index (κ2) is 10.4. The smallest absolute Gasteiger partial charge is 0.259 e. The molecule has 2 N–H and O–H groups in total. The van der Waals surface area contributed by atoms with Crippen LogP contribution in [0, 0.1) is 0 Å². The van der Waals surface area contributed by atoms with Crippen molar-refractivity contribution in [3.63, 3.8) is 0 Å². The summed E-state index contributed by atoms with van der Waals surface area (Å²) in [5.41, 5.74) is 0.882. The monoisotopic (exact) mass is 496 g/mol. The van der Waals surface area contributed by atoms with Crippen LogP contribution in [0.5, 0.6) is 5.75 Å². The van der Waals surface area contributed by atoms with Crippen LogP contribution in [-0.4, -0.2) is 40.2 Å². The minimum Gasteiger partial charge on any atom is -0.493 e. The Balaban J connectivity index is 1.66. The van der Waals surface area contributed by atoms with Gasteiger partial charge in [-0.2, -0.15) is 0 Å². The van der Waals surface area contributed by atoms with Gasteiger partial charge in [-0.05, 0) is 61.7 Å². The summed E-state index contributed by atoms with van der Waals surface area (Å²) < 4.78 is 39.3. The minimum absolute atomic E-state index is 0.0762. The van der Waals surface area contributed by atoms with E-state index >= 15 is 0 Å². The van der Waals surface area contributed by atoms with Crippen LogP contribution in [0.1, 0.15) is 36.5 Å². The van der Waals surface area contributed by atoms with Gasteiger partial charge < -0.3 is 14.8 Å². The van der Waals surface area contributed by atoms with Gasteiger partial charge in [0.2, 0.25) is 10.0 Å². The molecule has 2 aromatic rings. The molecule has 3 rings (SSSR count). The average molecular weight is 497 g/mol. The van der Waals surface area contributed by atoms with Crippen LogP contribution in [0.25, 0.3) is 0 Å². The maximum absolute atomic E-state index is 12.7. The first kappa shape index (κ1) is 22.7. The van der Waals surface area contributed by atoms with Gasteiger partial charge in [-0.25, -0.2) is 13.1 Å². The summed E-state index contributed by atoms with van der Waals surface area (Å²) in [6.45, 7) is 3.42. The van der Waals surface area contributed by atoms with Gasteiger partial charge in [0.05, 0.1) is 23.2 Å². The number of hydrogen-bond donors (Lipinski definition) is 2. The number of anilines is 1. The molecule has 1 atom stereocenters. The zero-order valence-corrected chi connectivity index (χ0v) is 19.1. The number of hydrogen-bond acceptors (Lipinski definition) is 5. The summed E-state index contributed by atoms with van der Waals surface area (Å²) in [5.74, 6) is 0.157. The Morgan fingerprint density at radius 1 is 1.23 bits per heavy atom. The number of rotatable bonds is 9. The van der Waals surface area contributed by atoms with Crippen molar-refractivity contribution >= 4 is 37.5 Å². The lowest BCUT2D eigenvalue weighted by Gasteiger charge is -2.13. The number of benzene rings is 2. The fourth-order valence-corrected chi connectivity index (χ4v) is 4.45. The lowest BCUT2D eigenvalue weighted by molar-refractivity contribution is 0.102. The van der Waals surface area contributed by atoms with Crippen molar-refractivity contribution in [3.05, 3.63) is 52.5 Å². The summed E-state index contributed by atoms with van der Waals surface area (Å²) in [6.07, 6.45) is 2.55. The van der Waals surface area contributed by atoms with Crippen LogP contribution >= 0.6 is 15.9 Å². The second-order valence-corrected chi connectivity index (χ2v) is 9.64. The standard InChI is InChI=1S/C21H25BrN2O5S/c1-2-11-29-20-10-5-15(22)13-19(20)21(25)24-16-6-8-18(9-7-16)30(26,27)23-14-17-4-3-12-28-17/h5-10,13,17,23H,2-4,11-12,14H2,1H3,(H,24,25). The molecule has 7 nitrogen and oxygen atoms in total. The Labute approximate surface area is 185 Å². The quantitative estimate of drug-likeness (QED) is 0.548. The molecule has 1 aliphatic rings. The Hall–Kier alpha value is -1.94. The van der Waals surface area contributed by atoms with Gasteiger partial charge in [0.15, 0.2) is 0 Å². The van der Waals surface area contributed by atoms with E-state index in [1.165, 1.54) is 12.1 Å². The van der Waals surface area contributed by atoms with Crippen LogP contribution < -0.4 is 14.8 Å². The number of ether oxygens (including phenoxy) is 2. The third kappa shape index (κ3) is 6.04. The van der Waals surface area contributed by atoms with Crippen LogP contribution in [0.3, 0.4) is 0 Å². The Bertz CT molecular complexity index is 973. The molecule has 0 saturated carbocycles. The molecule has 162 valence electrons. The molecule has 0 spiro atoms. The molecule has 1 fully saturated rings. The van der Waals surface area contributed by atoms with E-state index in [1.807, 2.05) is 13.0 Å². The van der Waals surface area contributed by atoms with E-state index in [2.05, 4.69) is 26.0 Å². The first-order valence-electron chi connectivity index (χ1n) is 9.84. The number of carbonyl (C=O) groups is 1. The number of nitrogens with one attached hydrogen (secondary N) is 2. The topological polar surface area (TPSA) is 93.7 Å². The van der Waals surface area contributed by atoms with E-state index in [1.54, 1.807) is 24.3 Å². The van der Waals surface area contributed by atoms with Crippen LogP contribution in [0.4, 0.5) is 5.69 Å². The molecule has 0 radical (unpaired) electrons. The number of sulfonamides is 1. The Kier molecular flexibility index (Phi) is 7.87. The van der Waals surface area contributed by atoms with E-state index in [4.69, 9.17) is 9.47 Å². The third-order valence-electron chi connectivity index (χ3n) is 4.60. The predicted molar refractivity (Wildman–Crippen MR) is 118 cm³/mol. The van der Waals surface area contributed by atoms with Gasteiger partial charge in [-0.3, -0.25) is 4.79 Å². The summed E-state index contributed by atoms with van der Waals surface area (Å²) in [7, 11) is -3.64. The Morgan fingerprint density at radius 3 is 2.67 bits per heavy atom. The van der Waals surface area contributed by atoms with Crippen molar-refractivity contribution in [2.24, 2.45) is 0 Å². The molecular weight excluding hydrogens is 472 g/mol. The molecule has 9 heteroatoms. The summed E-state index contributed by atoms with van der Waals surface area (Å²) in [6, 6.07) is 11.3. The van der Waals surface area contributed by atoms with Crippen molar-refractivity contribution in [2.45, 2.75) is 37.2 Å². The summed E-state index contributed by atoms with van der Waals surface area (Å²) in [4.78, 5) is 12.9. The highest BCUT2D eigenvalue weighted by Gasteiger charge is 2.20. The van der Waals surface area contributed by atoms with Crippen LogP contribution in [0.15, 0.2) is 51.8 Å². The number of amides is 1. The summed E-state index contributed by atoms with van der Waals surface area (Å²) in [5, 5.41) is 2.78. The van der Waals surface area contributed by atoms with E-state index in [-0.39, 0.29) is 23.5 Å². The Morgan fingerprint density at radius 2 is 2.00 bits per heavy atom.